The van der Waals surface area contributed by atoms with Gasteiger partial charge in [-0.1, -0.05) is 24.3 Å². The molecule has 25 heavy (non-hydrogen) atoms. The Morgan fingerprint density at radius 1 is 1.28 bits per heavy atom. The van der Waals surface area contributed by atoms with E-state index in [2.05, 4.69) is 46.4 Å². The molecule has 0 radical (unpaired) electrons. The van der Waals surface area contributed by atoms with E-state index in [0.717, 1.165) is 33.3 Å². The minimum atomic E-state index is -0.250. The quantitative estimate of drug-likeness (QED) is 0.630. The summed E-state index contributed by atoms with van der Waals surface area (Å²) in [7, 11) is 1.71. The molecule has 4 N–H and O–H groups in total. The van der Waals surface area contributed by atoms with Crippen molar-refractivity contribution in [2.24, 2.45) is 0 Å². The highest BCUT2D eigenvalue weighted by atomic mass is 16.5. The molecule has 2 aromatic heterocycles. The largest absolute Gasteiger partial charge is 0.483 e. The van der Waals surface area contributed by atoms with Gasteiger partial charge in [0.15, 0.2) is 5.65 Å². The maximum atomic E-state index is 8.36. The highest BCUT2D eigenvalue weighted by molar-refractivity contribution is 5.94. The van der Waals surface area contributed by atoms with E-state index < -0.39 is 0 Å². The molecule has 1 atom stereocenters. The second-order valence-corrected chi connectivity index (χ2v) is 5.64. The number of methoxy groups -OCH3 is 1. The molecule has 0 saturated carbocycles. The van der Waals surface area contributed by atoms with Gasteiger partial charge in [0.05, 0.1) is 11.5 Å². The predicted molar refractivity (Wildman–Crippen MR) is 97.3 cm³/mol. The van der Waals surface area contributed by atoms with Crippen molar-refractivity contribution in [1.82, 2.24) is 15.2 Å². The zero-order chi connectivity index (χ0) is 18.6. The van der Waals surface area contributed by atoms with Crippen LogP contribution in [-0.4, -0.2) is 33.9 Å². The normalized spacial score (nSPS) is 11.7. The fourth-order valence-corrected chi connectivity index (χ4v) is 2.89. The van der Waals surface area contributed by atoms with Crippen LogP contribution in [0.3, 0.4) is 0 Å². The van der Waals surface area contributed by atoms with Crippen molar-refractivity contribution in [3.05, 3.63) is 41.1 Å². The summed E-state index contributed by atoms with van der Waals surface area (Å²) < 4.78 is 5.35. The van der Waals surface area contributed by atoms with E-state index in [4.69, 9.17) is 20.4 Å². The van der Waals surface area contributed by atoms with E-state index in [0.29, 0.717) is 11.5 Å². The molecule has 0 amide bonds. The Morgan fingerprint density at radius 3 is 2.44 bits per heavy atom. The lowest BCUT2D eigenvalue weighted by Gasteiger charge is -2.13. The Kier molecular flexibility index (Phi) is 5.71. The first-order valence-corrected chi connectivity index (χ1v) is 7.76. The third-order valence-corrected chi connectivity index (χ3v) is 4.18. The molecule has 7 heteroatoms. The molecule has 0 aliphatic carbocycles. The number of anilines is 1. The highest BCUT2D eigenvalue weighted by Crippen LogP contribution is 2.33. The summed E-state index contributed by atoms with van der Waals surface area (Å²) >= 11 is 0. The van der Waals surface area contributed by atoms with E-state index in [1.165, 1.54) is 0 Å². The molecular weight excluding hydrogens is 320 g/mol. The molecule has 0 aliphatic heterocycles. The Balaban J connectivity index is 0.000000701. The summed E-state index contributed by atoms with van der Waals surface area (Å²) in [5, 5.41) is 14.7. The number of aryl methyl sites for hydroxylation is 2. The highest BCUT2D eigenvalue weighted by Gasteiger charge is 2.15. The standard InChI is InChI=1S/C17H20N4O.CH2O2/c1-9-14(10(2)19-17-15(9)16(18)20-21-17)13-7-5-12(6-8-13)11(3)22-4;2-1-3/h5-8,11H,1-4H3,(H3,18,19,20,21);1H,(H,2,3). The van der Waals surface area contributed by atoms with E-state index in [1.54, 1.807) is 7.11 Å². The summed E-state index contributed by atoms with van der Waals surface area (Å²) in [5.74, 6) is 0.561. The minimum Gasteiger partial charge on any atom is -0.483 e. The molecule has 2 heterocycles. The Bertz CT molecular complexity index is 872. The Hall–Kier alpha value is -2.93. The van der Waals surface area contributed by atoms with Gasteiger partial charge in [0, 0.05) is 18.4 Å². The van der Waals surface area contributed by atoms with Gasteiger partial charge in [-0.3, -0.25) is 9.89 Å². The van der Waals surface area contributed by atoms with Crippen LogP contribution in [-0.2, 0) is 9.53 Å². The van der Waals surface area contributed by atoms with E-state index in [9.17, 15) is 0 Å². The van der Waals surface area contributed by atoms with Crippen LogP contribution in [0.25, 0.3) is 22.2 Å². The Morgan fingerprint density at radius 2 is 1.88 bits per heavy atom. The Labute approximate surface area is 145 Å². The lowest BCUT2D eigenvalue weighted by Crippen LogP contribution is -1.97. The van der Waals surface area contributed by atoms with Gasteiger partial charge in [-0.15, -0.1) is 0 Å². The molecule has 0 spiro atoms. The van der Waals surface area contributed by atoms with Gasteiger partial charge in [0.1, 0.15) is 5.82 Å². The first-order valence-electron chi connectivity index (χ1n) is 7.76. The first kappa shape index (κ1) is 18.4. The summed E-state index contributed by atoms with van der Waals surface area (Å²) in [4.78, 5) is 12.9. The number of pyridine rings is 1. The monoisotopic (exact) mass is 342 g/mol. The van der Waals surface area contributed by atoms with Gasteiger partial charge in [-0.25, -0.2) is 4.98 Å². The van der Waals surface area contributed by atoms with Crippen LogP contribution in [0.4, 0.5) is 5.82 Å². The van der Waals surface area contributed by atoms with Crippen molar-refractivity contribution in [3.63, 3.8) is 0 Å². The van der Waals surface area contributed by atoms with Crippen molar-refractivity contribution in [1.29, 1.82) is 0 Å². The van der Waals surface area contributed by atoms with Gasteiger partial charge in [-0.2, -0.15) is 5.10 Å². The van der Waals surface area contributed by atoms with Crippen LogP contribution in [0.15, 0.2) is 24.3 Å². The average Bonchev–Trinajstić information content (AvgIpc) is 2.96. The van der Waals surface area contributed by atoms with Crippen LogP contribution in [0, 0.1) is 13.8 Å². The molecule has 0 aliphatic rings. The first-order chi connectivity index (χ1) is 11.9. The van der Waals surface area contributed by atoms with Crippen LogP contribution in [0.1, 0.15) is 29.8 Å². The number of nitrogens with one attached hydrogen (secondary N) is 1. The zero-order valence-corrected chi connectivity index (χ0v) is 14.7. The van der Waals surface area contributed by atoms with Crippen molar-refractivity contribution < 1.29 is 14.6 Å². The number of aromatic amines is 1. The number of ether oxygens (including phenoxy) is 1. The van der Waals surface area contributed by atoms with Crippen molar-refractivity contribution in [3.8, 4) is 11.1 Å². The van der Waals surface area contributed by atoms with Gasteiger partial charge < -0.3 is 15.6 Å². The van der Waals surface area contributed by atoms with Crippen molar-refractivity contribution in [2.75, 3.05) is 12.8 Å². The smallest absolute Gasteiger partial charge is 0.290 e. The summed E-state index contributed by atoms with van der Waals surface area (Å²) in [5.41, 5.74) is 12.1. The third-order valence-electron chi connectivity index (χ3n) is 4.18. The van der Waals surface area contributed by atoms with Gasteiger partial charge >= 0.3 is 0 Å². The molecule has 1 unspecified atom stereocenters. The summed E-state index contributed by atoms with van der Waals surface area (Å²) in [6.07, 6.45) is 0.0846. The molecule has 132 valence electrons. The molecule has 1 aromatic carbocycles. The third kappa shape index (κ3) is 3.61. The number of benzene rings is 1. The second kappa shape index (κ2) is 7.76. The molecule has 0 bridgehead atoms. The SMILES string of the molecule is COC(C)c1ccc(-c2c(C)nc3n[nH]c(N)c3c2C)cc1.O=CO. The van der Waals surface area contributed by atoms with E-state index in [-0.39, 0.29) is 12.6 Å². The van der Waals surface area contributed by atoms with Crippen LogP contribution in [0.2, 0.25) is 0 Å². The molecular formula is C18H22N4O3. The molecule has 3 rings (SSSR count). The number of hydrogen-bond donors (Lipinski definition) is 3. The number of fused-ring (bicyclic) bond motifs is 1. The number of nitrogens with zero attached hydrogens (tertiary/aromatic N) is 2. The minimum absolute atomic E-state index is 0.0846. The topological polar surface area (TPSA) is 114 Å². The molecule has 0 fully saturated rings. The van der Waals surface area contributed by atoms with Gasteiger partial charge in [0.25, 0.3) is 6.47 Å². The number of hydrogen-bond acceptors (Lipinski definition) is 5. The van der Waals surface area contributed by atoms with Crippen molar-refractivity contribution >= 4 is 23.3 Å². The molecule has 3 aromatic rings. The van der Waals surface area contributed by atoms with Gasteiger partial charge in [0.2, 0.25) is 0 Å². The lowest BCUT2D eigenvalue weighted by molar-refractivity contribution is -0.122. The number of rotatable bonds is 3. The predicted octanol–water partition coefficient (Wildman–Crippen LogP) is 3.23. The number of nitrogens with two attached hydrogens (primary N) is 1. The molecule has 0 saturated heterocycles. The number of nitrogen functional groups attached to an aromatic ring is 1. The number of carbonyl (C=O) groups is 1. The van der Waals surface area contributed by atoms with Crippen LogP contribution in [0.5, 0.6) is 0 Å². The van der Waals surface area contributed by atoms with Gasteiger partial charge in [-0.05, 0) is 37.5 Å². The fourth-order valence-electron chi connectivity index (χ4n) is 2.89. The lowest BCUT2D eigenvalue weighted by atomic mass is 9.96. The van der Waals surface area contributed by atoms with Crippen LogP contribution >= 0.6 is 0 Å². The van der Waals surface area contributed by atoms with E-state index in [1.807, 2.05) is 13.8 Å². The van der Waals surface area contributed by atoms with Crippen molar-refractivity contribution in [2.45, 2.75) is 26.9 Å². The molecule has 7 nitrogen and oxygen atoms in total. The second-order valence-electron chi connectivity index (χ2n) is 5.64. The fraction of sp³-hybridized carbons (Fsp3) is 0.278. The summed E-state index contributed by atoms with van der Waals surface area (Å²) in [6, 6.07) is 8.38. The number of aromatic nitrogens is 3. The summed E-state index contributed by atoms with van der Waals surface area (Å²) in [6.45, 7) is 5.84. The number of H-pyrrole nitrogens is 1. The number of carboxylic acid groups (broad SMARTS) is 1. The average molecular weight is 342 g/mol. The van der Waals surface area contributed by atoms with E-state index >= 15 is 0 Å². The maximum absolute atomic E-state index is 8.36. The van der Waals surface area contributed by atoms with Crippen LogP contribution < -0.4 is 5.73 Å². The maximum Gasteiger partial charge on any atom is 0.290 e. The zero-order valence-electron chi connectivity index (χ0n) is 14.7.